The van der Waals surface area contributed by atoms with Crippen molar-refractivity contribution in [2.45, 2.75) is 25.2 Å². The van der Waals surface area contributed by atoms with E-state index in [9.17, 15) is 14.7 Å². The molecule has 5 heteroatoms. The van der Waals surface area contributed by atoms with Gasteiger partial charge in [-0.3, -0.25) is 4.79 Å². The van der Waals surface area contributed by atoms with E-state index in [2.05, 4.69) is 0 Å². The van der Waals surface area contributed by atoms with Gasteiger partial charge < -0.3 is 5.11 Å². The number of ketones is 1. The largest absolute Gasteiger partial charge is 0.478 e. The Morgan fingerprint density at radius 1 is 0.963 bits per heavy atom. The SMILES string of the molecule is CC(=O)C1(c2ccc(-c3ccc(-c4sc(Cl)cc4C(=O)O)cc3)cc2)CC1. The summed E-state index contributed by atoms with van der Waals surface area (Å²) in [6.07, 6.45) is 1.87. The predicted octanol–water partition coefficient (Wildman–Crippen LogP) is 6.05. The van der Waals surface area contributed by atoms with Gasteiger partial charge >= 0.3 is 5.97 Å². The van der Waals surface area contributed by atoms with E-state index in [0.717, 1.165) is 35.1 Å². The van der Waals surface area contributed by atoms with Crippen molar-refractivity contribution in [2.24, 2.45) is 0 Å². The van der Waals surface area contributed by atoms with Crippen LogP contribution in [-0.4, -0.2) is 16.9 Å². The lowest BCUT2D eigenvalue weighted by molar-refractivity contribution is -0.119. The Balaban J connectivity index is 1.62. The number of aromatic carboxylic acids is 1. The quantitative estimate of drug-likeness (QED) is 0.570. The number of hydrogen-bond donors (Lipinski definition) is 1. The zero-order valence-corrected chi connectivity index (χ0v) is 16.2. The van der Waals surface area contributed by atoms with E-state index in [1.54, 1.807) is 6.92 Å². The minimum absolute atomic E-state index is 0.223. The second-order valence-electron chi connectivity index (χ2n) is 6.89. The predicted molar refractivity (Wildman–Crippen MR) is 109 cm³/mol. The molecule has 1 fully saturated rings. The zero-order chi connectivity index (χ0) is 19.2. The van der Waals surface area contributed by atoms with Crippen LogP contribution in [0.5, 0.6) is 0 Å². The summed E-state index contributed by atoms with van der Waals surface area (Å²) >= 11 is 7.26. The number of carbonyl (C=O) groups excluding carboxylic acids is 1. The van der Waals surface area contributed by atoms with Crippen LogP contribution in [0.2, 0.25) is 4.34 Å². The van der Waals surface area contributed by atoms with Gasteiger partial charge in [-0.05, 0) is 48.1 Å². The van der Waals surface area contributed by atoms with Crippen molar-refractivity contribution < 1.29 is 14.7 Å². The Bertz CT molecular complexity index is 1030. The van der Waals surface area contributed by atoms with E-state index < -0.39 is 5.97 Å². The highest BCUT2D eigenvalue weighted by molar-refractivity contribution is 7.19. The van der Waals surface area contributed by atoms with Crippen LogP contribution in [0.3, 0.4) is 0 Å². The van der Waals surface area contributed by atoms with Gasteiger partial charge in [0.25, 0.3) is 0 Å². The van der Waals surface area contributed by atoms with Gasteiger partial charge in [0.1, 0.15) is 5.78 Å². The highest BCUT2D eigenvalue weighted by Gasteiger charge is 2.48. The van der Waals surface area contributed by atoms with E-state index in [1.807, 2.05) is 48.5 Å². The highest BCUT2D eigenvalue weighted by Crippen LogP contribution is 2.49. The molecule has 0 spiro atoms. The number of carboxylic acid groups (broad SMARTS) is 1. The van der Waals surface area contributed by atoms with Gasteiger partial charge in [-0.2, -0.15) is 0 Å². The second-order valence-corrected chi connectivity index (χ2v) is 8.57. The maximum Gasteiger partial charge on any atom is 0.337 e. The summed E-state index contributed by atoms with van der Waals surface area (Å²) in [4.78, 5) is 23.9. The maximum absolute atomic E-state index is 11.9. The first kappa shape index (κ1) is 18.0. The van der Waals surface area contributed by atoms with Gasteiger partial charge in [0.2, 0.25) is 0 Å². The number of hydrogen-bond acceptors (Lipinski definition) is 3. The molecule has 1 aliphatic rings. The van der Waals surface area contributed by atoms with Crippen LogP contribution < -0.4 is 0 Å². The molecule has 0 atom stereocenters. The van der Waals surface area contributed by atoms with Crippen molar-refractivity contribution in [3.05, 3.63) is 70.1 Å². The van der Waals surface area contributed by atoms with Gasteiger partial charge in [0.15, 0.2) is 0 Å². The third-order valence-corrected chi connectivity index (χ3v) is 6.59. The Morgan fingerprint density at radius 2 is 1.48 bits per heavy atom. The summed E-state index contributed by atoms with van der Waals surface area (Å²) in [6, 6.07) is 17.4. The molecule has 3 aromatic rings. The number of thiophene rings is 1. The molecule has 1 saturated carbocycles. The Morgan fingerprint density at radius 3 is 1.96 bits per heavy atom. The first-order valence-corrected chi connectivity index (χ1v) is 9.85. The molecule has 1 aromatic heterocycles. The van der Waals surface area contributed by atoms with Gasteiger partial charge in [0.05, 0.1) is 20.2 Å². The third-order valence-electron chi connectivity index (χ3n) is 5.27. The van der Waals surface area contributed by atoms with E-state index in [-0.39, 0.29) is 16.8 Å². The van der Waals surface area contributed by atoms with Crippen molar-refractivity contribution in [1.82, 2.24) is 0 Å². The number of Topliss-reactive ketones (excluding diaryl/α,β-unsaturated/α-hetero) is 1. The van der Waals surface area contributed by atoms with Crippen LogP contribution in [0, 0.1) is 0 Å². The zero-order valence-electron chi connectivity index (χ0n) is 14.7. The van der Waals surface area contributed by atoms with Gasteiger partial charge in [-0.15, -0.1) is 11.3 Å². The summed E-state index contributed by atoms with van der Waals surface area (Å²) in [5, 5.41) is 9.33. The molecule has 1 heterocycles. The minimum Gasteiger partial charge on any atom is -0.478 e. The second kappa shape index (κ2) is 6.63. The monoisotopic (exact) mass is 396 g/mol. The number of benzene rings is 2. The standard InChI is InChI=1S/C22H17ClO3S/c1-13(24)22(10-11-22)17-8-6-15(7-9-17)14-2-4-16(5-3-14)20-18(21(25)26)12-19(23)27-20/h2-9,12H,10-11H2,1H3,(H,25,26). The van der Waals surface area contributed by atoms with Crippen LogP contribution in [0.25, 0.3) is 21.6 Å². The van der Waals surface area contributed by atoms with Gasteiger partial charge in [-0.1, -0.05) is 60.1 Å². The molecule has 0 amide bonds. The van der Waals surface area contributed by atoms with Crippen molar-refractivity contribution in [3.8, 4) is 21.6 Å². The fourth-order valence-corrected chi connectivity index (χ4v) is 4.72. The van der Waals surface area contributed by atoms with Crippen LogP contribution in [0.15, 0.2) is 54.6 Å². The summed E-state index contributed by atoms with van der Waals surface area (Å²) < 4.78 is 0.460. The van der Waals surface area contributed by atoms with Crippen molar-refractivity contribution in [3.63, 3.8) is 0 Å². The summed E-state index contributed by atoms with van der Waals surface area (Å²) in [7, 11) is 0. The summed E-state index contributed by atoms with van der Waals surface area (Å²) in [5.74, 6) is -0.740. The molecule has 3 nitrogen and oxygen atoms in total. The van der Waals surface area contributed by atoms with Crippen molar-refractivity contribution >= 4 is 34.7 Å². The topological polar surface area (TPSA) is 54.4 Å². The molecule has 136 valence electrons. The Hall–Kier alpha value is -2.43. The lowest BCUT2D eigenvalue weighted by Gasteiger charge is -2.12. The maximum atomic E-state index is 11.9. The summed E-state index contributed by atoms with van der Waals surface area (Å²) in [6.45, 7) is 1.67. The Labute approximate surface area is 166 Å². The van der Waals surface area contributed by atoms with E-state index in [1.165, 1.54) is 17.4 Å². The lowest BCUT2D eigenvalue weighted by Crippen LogP contribution is -2.16. The smallest absolute Gasteiger partial charge is 0.337 e. The molecule has 4 rings (SSSR count). The van der Waals surface area contributed by atoms with Crippen molar-refractivity contribution in [2.75, 3.05) is 0 Å². The number of carboxylic acids is 1. The molecule has 0 radical (unpaired) electrons. The fourth-order valence-electron chi connectivity index (χ4n) is 3.50. The van der Waals surface area contributed by atoms with Crippen LogP contribution in [-0.2, 0) is 10.2 Å². The van der Waals surface area contributed by atoms with E-state index >= 15 is 0 Å². The van der Waals surface area contributed by atoms with Crippen LogP contribution >= 0.6 is 22.9 Å². The number of rotatable bonds is 5. The number of carbonyl (C=O) groups is 2. The molecule has 0 saturated heterocycles. The van der Waals surface area contributed by atoms with E-state index in [0.29, 0.717) is 9.21 Å². The normalized spacial score (nSPS) is 14.7. The molecule has 2 aromatic carbocycles. The van der Waals surface area contributed by atoms with Crippen LogP contribution in [0.4, 0.5) is 0 Å². The molecular weight excluding hydrogens is 380 g/mol. The molecule has 1 aliphatic carbocycles. The van der Waals surface area contributed by atoms with Crippen LogP contribution in [0.1, 0.15) is 35.7 Å². The first-order valence-electron chi connectivity index (χ1n) is 8.66. The molecule has 0 aliphatic heterocycles. The Kier molecular flexibility index (Phi) is 4.41. The molecule has 1 N–H and O–H groups in total. The van der Waals surface area contributed by atoms with Gasteiger partial charge in [0, 0.05) is 0 Å². The molecule has 27 heavy (non-hydrogen) atoms. The fraction of sp³-hybridized carbons (Fsp3) is 0.182. The highest BCUT2D eigenvalue weighted by atomic mass is 35.5. The summed E-state index contributed by atoms with van der Waals surface area (Å²) in [5.41, 5.74) is 3.99. The lowest BCUT2D eigenvalue weighted by atomic mass is 9.90. The van der Waals surface area contributed by atoms with E-state index in [4.69, 9.17) is 11.6 Å². The van der Waals surface area contributed by atoms with Crippen molar-refractivity contribution in [1.29, 1.82) is 0 Å². The average Bonchev–Trinajstić information content (AvgIpc) is 3.39. The average molecular weight is 397 g/mol. The molecule has 0 unspecified atom stereocenters. The van der Waals surface area contributed by atoms with Gasteiger partial charge in [-0.25, -0.2) is 4.79 Å². The minimum atomic E-state index is -0.979. The molecular formula is C22H17ClO3S. The number of halogens is 1. The first-order chi connectivity index (χ1) is 12.9. The third kappa shape index (κ3) is 3.20. The molecule has 0 bridgehead atoms.